The Balaban J connectivity index is 1.99. The van der Waals surface area contributed by atoms with E-state index in [0.717, 1.165) is 12.8 Å². The predicted molar refractivity (Wildman–Crippen MR) is 76.6 cm³/mol. The molecule has 0 saturated heterocycles. The van der Waals surface area contributed by atoms with Gasteiger partial charge in [-0.25, -0.2) is 4.79 Å². The normalized spacial score (nSPS) is 34.8. The second kappa shape index (κ2) is 4.73. The van der Waals surface area contributed by atoms with Crippen LogP contribution in [0.3, 0.4) is 0 Å². The lowest BCUT2D eigenvalue weighted by Gasteiger charge is -2.38. The quantitative estimate of drug-likeness (QED) is 0.451. The van der Waals surface area contributed by atoms with Gasteiger partial charge in [-0.1, -0.05) is 20.8 Å². The molecule has 0 radical (unpaired) electrons. The highest BCUT2D eigenvalue weighted by Gasteiger charge is 2.62. The molecule has 0 N–H and O–H groups in total. The van der Waals surface area contributed by atoms with Gasteiger partial charge in [-0.05, 0) is 30.6 Å². The van der Waals surface area contributed by atoms with Crippen molar-refractivity contribution in [1.82, 2.24) is 0 Å². The van der Waals surface area contributed by atoms with E-state index in [1.165, 1.54) is 6.42 Å². The van der Waals surface area contributed by atoms with E-state index in [4.69, 9.17) is 10.00 Å². The zero-order valence-corrected chi connectivity index (χ0v) is 13.4. The van der Waals surface area contributed by atoms with Gasteiger partial charge in [-0.3, -0.25) is 0 Å². The summed E-state index contributed by atoms with van der Waals surface area (Å²) in [6.45, 7) is 7.49. The van der Waals surface area contributed by atoms with Crippen molar-refractivity contribution in [2.45, 2.75) is 46.1 Å². The van der Waals surface area contributed by atoms with Gasteiger partial charge in [-0.2, -0.15) is 5.26 Å². The minimum atomic E-state index is -0.167. The van der Waals surface area contributed by atoms with Crippen molar-refractivity contribution in [2.75, 3.05) is 27.2 Å². The van der Waals surface area contributed by atoms with Crippen molar-refractivity contribution < 1.29 is 14.0 Å². The molecule has 0 heterocycles. The maximum Gasteiger partial charge on any atom is 0.362 e. The predicted octanol–water partition coefficient (Wildman–Crippen LogP) is 2.34. The van der Waals surface area contributed by atoms with E-state index < -0.39 is 0 Å². The summed E-state index contributed by atoms with van der Waals surface area (Å²) in [7, 11) is 3.77. The van der Waals surface area contributed by atoms with E-state index in [9.17, 15) is 4.79 Å². The first-order valence-electron chi connectivity index (χ1n) is 7.51. The summed E-state index contributed by atoms with van der Waals surface area (Å²) in [5, 5.41) is 8.78. The van der Waals surface area contributed by atoms with Crippen LogP contribution in [0.5, 0.6) is 0 Å². The third-order valence-corrected chi connectivity index (χ3v) is 6.04. The van der Waals surface area contributed by atoms with Crippen LogP contribution in [-0.4, -0.2) is 43.7 Å². The number of nitrogens with zero attached hydrogens (tertiary/aromatic N) is 2. The third-order valence-electron chi connectivity index (χ3n) is 6.04. The molecule has 0 spiro atoms. The summed E-state index contributed by atoms with van der Waals surface area (Å²) in [6, 6.07) is 2.12. The number of hydrogen-bond donors (Lipinski definition) is 0. The molecular weight excluding hydrogens is 252 g/mol. The Bertz CT molecular complexity index is 450. The summed E-state index contributed by atoms with van der Waals surface area (Å²) in [4.78, 5) is 12.2. The molecule has 0 amide bonds. The summed E-state index contributed by atoms with van der Waals surface area (Å²) < 4.78 is 6.17. The van der Waals surface area contributed by atoms with Crippen LogP contribution in [0.4, 0.5) is 0 Å². The van der Waals surface area contributed by atoms with Gasteiger partial charge in [-0.15, -0.1) is 0 Å². The molecule has 3 atom stereocenters. The highest BCUT2D eigenvalue weighted by atomic mass is 16.5. The Labute approximate surface area is 122 Å². The van der Waals surface area contributed by atoms with Crippen molar-refractivity contribution in [2.24, 2.45) is 16.7 Å². The Hall–Kier alpha value is -1.08. The number of ether oxygens (including phenoxy) is 1. The summed E-state index contributed by atoms with van der Waals surface area (Å²) in [5.74, 6) is 0.506. The number of carbonyl (C=O) groups excluding carboxylic acids is 1. The maximum atomic E-state index is 12.2. The van der Waals surface area contributed by atoms with Gasteiger partial charge in [0, 0.05) is 5.41 Å². The number of hydrogen-bond acceptors (Lipinski definition) is 3. The van der Waals surface area contributed by atoms with Crippen molar-refractivity contribution in [3.8, 4) is 6.07 Å². The SMILES string of the molecule is CC1(C)[C@@H]2CC[C@]1(C)[C@@H](OC(=O)C[N+](C)(C)CC#N)C2. The summed E-state index contributed by atoms with van der Waals surface area (Å²) in [6.07, 6.45) is 3.46. The monoisotopic (exact) mass is 279 g/mol. The largest absolute Gasteiger partial charge is 0.458 e. The van der Waals surface area contributed by atoms with Crippen molar-refractivity contribution in [3.63, 3.8) is 0 Å². The number of quaternary nitrogens is 1. The number of carbonyl (C=O) groups is 1. The summed E-state index contributed by atoms with van der Waals surface area (Å²) >= 11 is 0. The molecule has 0 unspecified atom stereocenters. The Morgan fingerprint density at radius 3 is 2.50 bits per heavy atom. The highest BCUT2D eigenvalue weighted by Crippen LogP contribution is 2.66. The third kappa shape index (κ3) is 2.33. The van der Waals surface area contributed by atoms with Crippen LogP contribution in [0, 0.1) is 28.1 Å². The molecule has 2 aliphatic carbocycles. The van der Waals surface area contributed by atoms with Crippen LogP contribution in [0.2, 0.25) is 0 Å². The number of likely N-dealkylation sites (N-methyl/N-ethyl adjacent to an activating group) is 1. The first kappa shape index (κ1) is 15.3. The molecular formula is C16H27N2O2+. The number of fused-ring (bicyclic) bond motifs is 2. The second-order valence-electron chi connectivity index (χ2n) is 8.00. The molecule has 2 rings (SSSR count). The van der Waals surface area contributed by atoms with Crippen molar-refractivity contribution >= 4 is 5.97 Å². The topological polar surface area (TPSA) is 50.1 Å². The molecule has 0 aromatic heterocycles. The van der Waals surface area contributed by atoms with E-state index in [1.807, 2.05) is 14.1 Å². The lowest BCUT2D eigenvalue weighted by Crippen LogP contribution is -2.46. The summed E-state index contributed by atoms with van der Waals surface area (Å²) in [5.41, 5.74) is 0.370. The minimum absolute atomic E-state index is 0.0471. The molecule has 4 heteroatoms. The van der Waals surface area contributed by atoms with Crippen LogP contribution in [0.1, 0.15) is 40.0 Å². The molecule has 4 nitrogen and oxygen atoms in total. The average molecular weight is 279 g/mol. The Morgan fingerprint density at radius 1 is 1.40 bits per heavy atom. The maximum absolute atomic E-state index is 12.2. The highest BCUT2D eigenvalue weighted by molar-refractivity contribution is 5.71. The standard InChI is InChI=1S/C16H27N2O2/c1-15(2)12-6-7-16(15,3)13(10-12)20-14(19)11-18(4,5)9-8-17/h12-13H,6-7,9-11H2,1-5H3/q+1/t12-,13+,16-/m1/s1. The van der Waals surface area contributed by atoms with Gasteiger partial charge in [0.05, 0.1) is 14.1 Å². The molecule has 2 fully saturated rings. The average Bonchev–Trinajstić information content (AvgIpc) is 2.60. The number of nitriles is 1. The van der Waals surface area contributed by atoms with E-state index in [-0.39, 0.29) is 29.4 Å². The fraction of sp³-hybridized carbons (Fsp3) is 0.875. The van der Waals surface area contributed by atoms with E-state index in [0.29, 0.717) is 16.9 Å². The van der Waals surface area contributed by atoms with Crippen molar-refractivity contribution in [1.29, 1.82) is 5.26 Å². The Morgan fingerprint density at radius 2 is 2.05 bits per heavy atom. The molecule has 20 heavy (non-hydrogen) atoms. The molecule has 0 aliphatic heterocycles. The first-order chi connectivity index (χ1) is 9.12. The molecule has 2 saturated carbocycles. The van der Waals surface area contributed by atoms with Gasteiger partial charge in [0.2, 0.25) is 0 Å². The van der Waals surface area contributed by atoms with E-state index >= 15 is 0 Å². The van der Waals surface area contributed by atoms with Crippen LogP contribution in [-0.2, 0) is 9.53 Å². The van der Waals surface area contributed by atoms with Gasteiger partial charge in [0.15, 0.2) is 13.1 Å². The zero-order chi connectivity index (χ0) is 15.2. The molecule has 2 bridgehead atoms. The second-order valence-corrected chi connectivity index (χ2v) is 8.00. The van der Waals surface area contributed by atoms with E-state index in [1.54, 1.807) is 0 Å². The minimum Gasteiger partial charge on any atom is -0.458 e. The molecule has 112 valence electrons. The van der Waals surface area contributed by atoms with Crippen LogP contribution < -0.4 is 0 Å². The first-order valence-corrected chi connectivity index (χ1v) is 7.51. The lowest BCUT2D eigenvalue weighted by molar-refractivity contribution is -0.876. The van der Waals surface area contributed by atoms with Crippen LogP contribution >= 0.6 is 0 Å². The van der Waals surface area contributed by atoms with Gasteiger partial charge in [0.25, 0.3) is 0 Å². The smallest absolute Gasteiger partial charge is 0.362 e. The van der Waals surface area contributed by atoms with Gasteiger partial charge >= 0.3 is 5.97 Å². The van der Waals surface area contributed by atoms with E-state index in [2.05, 4.69) is 26.8 Å². The molecule has 0 aromatic rings. The molecule has 0 aromatic carbocycles. The lowest BCUT2D eigenvalue weighted by atomic mass is 9.70. The fourth-order valence-corrected chi connectivity index (χ4v) is 4.10. The molecule has 2 aliphatic rings. The Kier molecular flexibility index (Phi) is 3.62. The van der Waals surface area contributed by atoms with Gasteiger partial charge in [0.1, 0.15) is 12.2 Å². The number of esters is 1. The van der Waals surface area contributed by atoms with Crippen molar-refractivity contribution in [3.05, 3.63) is 0 Å². The number of rotatable bonds is 4. The fourth-order valence-electron chi connectivity index (χ4n) is 4.10. The van der Waals surface area contributed by atoms with Gasteiger partial charge < -0.3 is 9.22 Å². The van der Waals surface area contributed by atoms with Crippen LogP contribution in [0.25, 0.3) is 0 Å². The van der Waals surface area contributed by atoms with Crippen LogP contribution in [0.15, 0.2) is 0 Å². The zero-order valence-electron chi connectivity index (χ0n) is 13.4.